The zero-order valence-electron chi connectivity index (χ0n) is 17.8. The van der Waals surface area contributed by atoms with E-state index in [1.54, 1.807) is 6.26 Å². The molecule has 7 heteroatoms. The second kappa shape index (κ2) is 13.6. The summed E-state index contributed by atoms with van der Waals surface area (Å²) in [5.41, 5.74) is 1.07. The van der Waals surface area contributed by atoms with Crippen molar-refractivity contribution in [3.8, 4) is 5.75 Å². The average Bonchev–Trinajstić information content (AvgIpc) is 3.22. The number of benzene rings is 1. The Balaban J connectivity index is 1.76. The smallest absolute Gasteiger partial charge is 0.191 e. The molecule has 2 rings (SSSR count). The molecule has 1 heterocycles. The molecule has 0 amide bonds. The summed E-state index contributed by atoms with van der Waals surface area (Å²) in [6.07, 6.45) is 2.54. The molecule has 1 aromatic carbocycles. The van der Waals surface area contributed by atoms with Crippen molar-refractivity contribution in [1.82, 2.24) is 15.5 Å². The SMILES string of the molecule is CCNC(=NCc1ccccc1OCCN(C)C)NCCCOCc1ccco1. The maximum absolute atomic E-state index is 5.92. The highest BCUT2D eigenvalue weighted by Gasteiger charge is 2.04. The van der Waals surface area contributed by atoms with E-state index < -0.39 is 0 Å². The average molecular weight is 403 g/mol. The summed E-state index contributed by atoms with van der Waals surface area (Å²) in [4.78, 5) is 6.80. The zero-order valence-corrected chi connectivity index (χ0v) is 17.8. The zero-order chi connectivity index (χ0) is 20.7. The molecule has 0 radical (unpaired) electrons. The third-order valence-corrected chi connectivity index (χ3v) is 4.10. The van der Waals surface area contributed by atoms with Crippen molar-refractivity contribution in [3.63, 3.8) is 0 Å². The van der Waals surface area contributed by atoms with Gasteiger partial charge in [0.15, 0.2) is 5.96 Å². The van der Waals surface area contributed by atoms with Crippen molar-refractivity contribution in [3.05, 3.63) is 54.0 Å². The summed E-state index contributed by atoms with van der Waals surface area (Å²) >= 11 is 0. The molecule has 0 aliphatic heterocycles. The molecule has 0 spiro atoms. The van der Waals surface area contributed by atoms with Crippen molar-refractivity contribution >= 4 is 5.96 Å². The van der Waals surface area contributed by atoms with Gasteiger partial charge in [0, 0.05) is 31.8 Å². The van der Waals surface area contributed by atoms with Crippen LogP contribution in [0, 0.1) is 0 Å². The summed E-state index contributed by atoms with van der Waals surface area (Å²) < 4.78 is 16.8. The van der Waals surface area contributed by atoms with Crippen LogP contribution in [0.2, 0.25) is 0 Å². The second-order valence-electron chi connectivity index (χ2n) is 6.87. The van der Waals surface area contributed by atoms with Gasteiger partial charge in [0.25, 0.3) is 0 Å². The Hall–Kier alpha value is -2.51. The number of furan rings is 1. The molecular weight excluding hydrogens is 368 g/mol. The Kier molecular flexibility index (Phi) is 10.7. The van der Waals surface area contributed by atoms with Gasteiger partial charge in [0.05, 0.1) is 12.8 Å². The molecule has 0 aliphatic rings. The van der Waals surface area contributed by atoms with Gasteiger partial charge in [-0.05, 0) is 45.6 Å². The van der Waals surface area contributed by atoms with E-state index in [1.807, 2.05) is 44.4 Å². The van der Waals surface area contributed by atoms with E-state index >= 15 is 0 Å². The molecule has 0 fully saturated rings. The Bertz CT molecular complexity index is 702. The van der Waals surface area contributed by atoms with Crippen LogP contribution < -0.4 is 15.4 Å². The first-order valence-corrected chi connectivity index (χ1v) is 10.2. The number of aliphatic imine (C=N–C) groups is 1. The number of ether oxygens (including phenoxy) is 2. The predicted molar refractivity (Wildman–Crippen MR) is 116 cm³/mol. The molecular formula is C22H34N4O3. The van der Waals surface area contributed by atoms with Gasteiger partial charge in [-0.2, -0.15) is 0 Å². The van der Waals surface area contributed by atoms with Crippen LogP contribution in [0.1, 0.15) is 24.7 Å². The Morgan fingerprint density at radius 1 is 1.10 bits per heavy atom. The number of hydrogen-bond acceptors (Lipinski definition) is 5. The number of likely N-dealkylation sites (N-methyl/N-ethyl adjacent to an activating group) is 1. The maximum Gasteiger partial charge on any atom is 0.191 e. The molecule has 0 saturated carbocycles. The second-order valence-corrected chi connectivity index (χ2v) is 6.87. The van der Waals surface area contributed by atoms with Crippen LogP contribution in [0.4, 0.5) is 0 Å². The van der Waals surface area contributed by atoms with Crippen molar-refractivity contribution in [2.45, 2.75) is 26.5 Å². The summed E-state index contributed by atoms with van der Waals surface area (Å²) in [6, 6.07) is 11.8. The molecule has 0 saturated heterocycles. The Morgan fingerprint density at radius 3 is 2.72 bits per heavy atom. The van der Waals surface area contributed by atoms with Crippen LogP contribution in [0.3, 0.4) is 0 Å². The van der Waals surface area contributed by atoms with Crippen LogP contribution in [0.25, 0.3) is 0 Å². The van der Waals surface area contributed by atoms with Gasteiger partial charge in [0.1, 0.15) is 24.7 Å². The first-order chi connectivity index (χ1) is 14.2. The van der Waals surface area contributed by atoms with Gasteiger partial charge in [-0.25, -0.2) is 4.99 Å². The molecule has 2 N–H and O–H groups in total. The van der Waals surface area contributed by atoms with E-state index in [0.717, 1.165) is 49.1 Å². The Morgan fingerprint density at radius 2 is 1.97 bits per heavy atom. The van der Waals surface area contributed by atoms with E-state index in [9.17, 15) is 0 Å². The molecule has 1 aromatic heterocycles. The molecule has 7 nitrogen and oxygen atoms in total. The summed E-state index contributed by atoms with van der Waals surface area (Å²) in [7, 11) is 4.08. The molecule has 0 unspecified atom stereocenters. The van der Waals surface area contributed by atoms with Crippen molar-refractivity contribution in [1.29, 1.82) is 0 Å². The first kappa shape index (κ1) is 22.8. The van der Waals surface area contributed by atoms with E-state index in [-0.39, 0.29) is 0 Å². The number of guanidine groups is 1. The summed E-state index contributed by atoms with van der Waals surface area (Å²) in [6.45, 7) is 6.91. The third-order valence-electron chi connectivity index (χ3n) is 4.10. The highest BCUT2D eigenvalue weighted by Crippen LogP contribution is 2.18. The predicted octanol–water partition coefficient (Wildman–Crippen LogP) is 2.88. The van der Waals surface area contributed by atoms with Crippen molar-refractivity contribution in [2.75, 3.05) is 46.9 Å². The van der Waals surface area contributed by atoms with E-state index in [4.69, 9.17) is 18.9 Å². The maximum atomic E-state index is 5.92. The lowest BCUT2D eigenvalue weighted by atomic mass is 10.2. The summed E-state index contributed by atoms with van der Waals surface area (Å²) in [5.74, 6) is 2.53. The number of nitrogens with one attached hydrogen (secondary N) is 2. The number of rotatable bonds is 13. The standard InChI is InChI=1S/C22H34N4O3/c1-4-23-22(24-12-8-14-27-18-20-10-7-15-28-20)25-17-19-9-5-6-11-21(19)29-16-13-26(2)3/h5-7,9-11,15H,4,8,12-14,16-18H2,1-3H3,(H2,23,24,25). The van der Waals surface area contributed by atoms with Crippen molar-refractivity contribution in [2.24, 2.45) is 4.99 Å². The Labute approximate surface area is 174 Å². The van der Waals surface area contributed by atoms with Gasteiger partial charge in [0.2, 0.25) is 0 Å². The lowest BCUT2D eigenvalue weighted by Crippen LogP contribution is -2.38. The molecule has 0 bridgehead atoms. The first-order valence-electron chi connectivity index (χ1n) is 10.2. The lowest BCUT2D eigenvalue weighted by Gasteiger charge is -2.14. The molecule has 0 aliphatic carbocycles. The van der Waals surface area contributed by atoms with Crippen LogP contribution in [-0.4, -0.2) is 57.8 Å². The fraction of sp³-hybridized carbons (Fsp3) is 0.500. The van der Waals surface area contributed by atoms with Crippen LogP contribution >= 0.6 is 0 Å². The number of hydrogen-bond donors (Lipinski definition) is 2. The van der Waals surface area contributed by atoms with Crippen LogP contribution in [0.15, 0.2) is 52.1 Å². The fourth-order valence-electron chi connectivity index (χ4n) is 2.57. The molecule has 2 aromatic rings. The minimum absolute atomic E-state index is 0.506. The largest absolute Gasteiger partial charge is 0.492 e. The molecule has 0 atom stereocenters. The van der Waals surface area contributed by atoms with Gasteiger partial charge >= 0.3 is 0 Å². The van der Waals surface area contributed by atoms with Gasteiger partial charge in [-0.3, -0.25) is 0 Å². The van der Waals surface area contributed by atoms with Crippen LogP contribution in [-0.2, 0) is 17.9 Å². The van der Waals surface area contributed by atoms with Crippen molar-refractivity contribution < 1.29 is 13.9 Å². The topological polar surface area (TPSA) is 71.3 Å². The van der Waals surface area contributed by atoms with Gasteiger partial charge < -0.3 is 29.4 Å². The van der Waals surface area contributed by atoms with E-state index in [2.05, 4.69) is 28.5 Å². The minimum atomic E-state index is 0.506. The number of para-hydroxylation sites is 1. The quantitative estimate of drug-likeness (QED) is 0.305. The fourth-order valence-corrected chi connectivity index (χ4v) is 2.57. The normalized spacial score (nSPS) is 11.7. The minimum Gasteiger partial charge on any atom is -0.492 e. The third kappa shape index (κ3) is 9.49. The monoisotopic (exact) mass is 402 g/mol. The van der Waals surface area contributed by atoms with E-state index in [0.29, 0.717) is 26.4 Å². The van der Waals surface area contributed by atoms with Gasteiger partial charge in [-0.1, -0.05) is 18.2 Å². The molecule has 29 heavy (non-hydrogen) atoms. The summed E-state index contributed by atoms with van der Waals surface area (Å²) in [5, 5.41) is 6.63. The highest BCUT2D eigenvalue weighted by molar-refractivity contribution is 5.79. The van der Waals surface area contributed by atoms with Gasteiger partial charge in [-0.15, -0.1) is 0 Å². The van der Waals surface area contributed by atoms with E-state index in [1.165, 1.54) is 0 Å². The highest BCUT2D eigenvalue weighted by atomic mass is 16.5. The number of nitrogens with zero attached hydrogens (tertiary/aromatic N) is 2. The molecule has 160 valence electrons. The van der Waals surface area contributed by atoms with Crippen LogP contribution in [0.5, 0.6) is 5.75 Å². The lowest BCUT2D eigenvalue weighted by molar-refractivity contribution is 0.105.